The summed E-state index contributed by atoms with van der Waals surface area (Å²) < 4.78 is 34.8. The topological polar surface area (TPSA) is 93.5 Å². The first kappa shape index (κ1) is 19.9. The average Bonchev–Trinajstić information content (AvgIpc) is 3.35. The molecule has 0 N–H and O–H groups in total. The maximum Gasteiger partial charge on any atom is 0.244 e. The predicted molar refractivity (Wildman–Crippen MR) is 111 cm³/mol. The van der Waals surface area contributed by atoms with Gasteiger partial charge in [-0.25, -0.2) is 13.4 Å². The Morgan fingerprint density at radius 2 is 1.83 bits per heavy atom. The molecule has 0 aromatic carbocycles. The molecule has 0 saturated carbocycles. The van der Waals surface area contributed by atoms with E-state index in [1.165, 1.54) is 23.3 Å². The van der Waals surface area contributed by atoms with Crippen LogP contribution >= 0.6 is 0 Å². The Balaban J connectivity index is 1.38. The SMILES string of the molecule is O=S(=O)(c1ccc(N2CCCC2c2nnc3n2CCCCC3)nc1)N1CCOCC1. The van der Waals surface area contributed by atoms with Gasteiger partial charge >= 0.3 is 0 Å². The molecule has 2 saturated heterocycles. The van der Waals surface area contributed by atoms with E-state index in [1.807, 2.05) is 6.07 Å². The maximum atomic E-state index is 12.9. The zero-order chi connectivity index (χ0) is 20.6. The monoisotopic (exact) mass is 432 g/mol. The molecule has 3 aliphatic heterocycles. The molecule has 0 bridgehead atoms. The first-order valence-corrected chi connectivity index (χ1v) is 12.3. The second-order valence-corrected chi connectivity index (χ2v) is 10.1. The van der Waals surface area contributed by atoms with E-state index in [9.17, 15) is 8.42 Å². The van der Waals surface area contributed by atoms with Crippen LogP contribution in [0.2, 0.25) is 0 Å². The number of morpholine rings is 1. The van der Waals surface area contributed by atoms with Crippen molar-refractivity contribution >= 4 is 15.8 Å². The van der Waals surface area contributed by atoms with Crippen molar-refractivity contribution in [2.45, 2.75) is 56.0 Å². The fraction of sp³-hybridized carbons (Fsp3) is 0.650. The Hall–Kier alpha value is -2.04. The van der Waals surface area contributed by atoms with E-state index in [0.29, 0.717) is 26.3 Å². The largest absolute Gasteiger partial charge is 0.379 e. The van der Waals surface area contributed by atoms with Crippen LogP contribution in [0.1, 0.15) is 49.8 Å². The van der Waals surface area contributed by atoms with Crippen molar-refractivity contribution in [1.82, 2.24) is 24.1 Å². The number of sulfonamides is 1. The number of hydrogen-bond donors (Lipinski definition) is 0. The van der Waals surface area contributed by atoms with Crippen molar-refractivity contribution in [1.29, 1.82) is 0 Å². The number of fused-ring (bicyclic) bond motifs is 1. The molecule has 9 nitrogen and oxygen atoms in total. The van der Waals surface area contributed by atoms with Gasteiger partial charge in [0.2, 0.25) is 10.0 Å². The van der Waals surface area contributed by atoms with Gasteiger partial charge < -0.3 is 14.2 Å². The number of hydrogen-bond acceptors (Lipinski definition) is 7. The first-order valence-electron chi connectivity index (χ1n) is 10.9. The lowest BCUT2D eigenvalue weighted by atomic mass is 10.2. The van der Waals surface area contributed by atoms with Crippen LogP contribution in [0.3, 0.4) is 0 Å². The van der Waals surface area contributed by atoms with Gasteiger partial charge in [-0.15, -0.1) is 10.2 Å². The molecule has 0 aliphatic carbocycles. The smallest absolute Gasteiger partial charge is 0.244 e. The minimum absolute atomic E-state index is 0.138. The highest BCUT2D eigenvalue weighted by Gasteiger charge is 2.33. The summed E-state index contributed by atoms with van der Waals surface area (Å²) in [5.41, 5.74) is 0. The molecule has 162 valence electrons. The summed E-state index contributed by atoms with van der Waals surface area (Å²) in [6, 6.07) is 3.64. The standard InChI is InChI=1S/C20H28N6O3S/c27-30(28,24-11-13-29-14-12-24)16-7-8-18(21-15-16)25-10-4-5-17(25)20-23-22-19-6-2-1-3-9-26(19)20/h7-8,15,17H,1-6,9-14H2. The highest BCUT2D eigenvalue weighted by Crippen LogP contribution is 2.35. The van der Waals surface area contributed by atoms with Gasteiger partial charge in [0.25, 0.3) is 0 Å². The number of aryl methyl sites for hydroxylation is 1. The minimum atomic E-state index is -3.53. The van der Waals surface area contributed by atoms with Crippen molar-refractivity contribution in [3.63, 3.8) is 0 Å². The van der Waals surface area contributed by atoms with Crippen LogP contribution in [-0.4, -0.2) is 65.3 Å². The molecule has 5 rings (SSSR count). The van der Waals surface area contributed by atoms with Crippen LogP contribution in [0, 0.1) is 0 Å². The van der Waals surface area contributed by atoms with Crippen molar-refractivity contribution in [2.24, 2.45) is 0 Å². The van der Waals surface area contributed by atoms with Crippen molar-refractivity contribution in [2.75, 3.05) is 37.7 Å². The lowest BCUT2D eigenvalue weighted by molar-refractivity contribution is 0.0730. The molecule has 1 unspecified atom stereocenters. The molecule has 0 spiro atoms. The molecule has 3 aliphatic rings. The zero-order valence-electron chi connectivity index (χ0n) is 17.1. The van der Waals surface area contributed by atoms with Gasteiger partial charge in [0.05, 0.1) is 19.3 Å². The van der Waals surface area contributed by atoms with Crippen LogP contribution in [0.4, 0.5) is 5.82 Å². The fourth-order valence-electron chi connectivity index (χ4n) is 4.69. The molecule has 0 radical (unpaired) electrons. The highest BCUT2D eigenvalue weighted by atomic mass is 32.2. The van der Waals surface area contributed by atoms with E-state index < -0.39 is 10.0 Å². The Morgan fingerprint density at radius 1 is 0.967 bits per heavy atom. The van der Waals surface area contributed by atoms with Gasteiger partial charge in [0.1, 0.15) is 16.5 Å². The third kappa shape index (κ3) is 3.61. The van der Waals surface area contributed by atoms with Crippen LogP contribution in [0.5, 0.6) is 0 Å². The fourth-order valence-corrected chi connectivity index (χ4v) is 6.05. The Kier molecular flexibility index (Phi) is 5.46. The average molecular weight is 433 g/mol. The summed E-state index contributed by atoms with van der Waals surface area (Å²) in [5.74, 6) is 2.91. The van der Waals surface area contributed by atoms with E-state index in [2.05, 4.69) is 24.6 Å². The molecular weight excluding hydrogens is 404 g/mol. The Bertz CT molecular complexity index is 984. The molecule has 2 aromatic heterocycles. The molecule has 30 heavy (non-hydrogen) atoms. The van der Waals surface area contributed by atoms with E-state index in [1.54, 1.807) is 6.07 Å². The Labute approximate surface area is 177 Å². The summed E-state index contributed by atoms with van der Waals surface area (Å²) in [6.45, 7) is 3.50. The third-order valence-corrected chi connectivity index (χ3v) is 8.19. The molecule has 5 heterocycles. The molecule has 2 aromatic rings. The lowest BCUT2D eigenvalue weighted by Crippen LogP contribution is -2.40. The molecule has 10 heteroatoms. The second-order valence-electron chi connectivity index (χ2n) is 8.16. The van der Waals surface area contributed by atoms with Crippen LogP contribution in [0.15, 0.2) is 23.2 Å². The summed E-state index contributed by atoms with van der Waals surface area (Å²) in [4.78, 5) is 7.02. The summed E-state index contributed by atoms with van der Waals surface area (Å²) in [5, 5.41) is 9.00. The number of rotatable bonds is 4. The Morgan fingerprint density at radius 3 is 2.63 bits per heavy atom. The predicted octanol–water partition coefficient (Wildman–Crippen LogP) is 1.76. The van der Waals surface area contributed by atoms with Gasteiger partial charge in [-0.2, -0.15) is 4.31 Å². The quantitative estimate of drug-likeness (QED) is 0.727. The normalized spacial score (nSPS) is 23.3. The van der Waals surface area contributed by atoms with E-state index in [4.69, 9.17) is 4.74 Å². The van der Waals surface area contributed by atoms with Crippen LogP contribution in [0.25, 0.3) is 0 Å². The molecule has 0 amide bonds. The summed E-state index contributed by atoms with van der Waals surface area (Å²) in [6.07, 6.45) is 8.12. The van der Waals surface area contributed by atoms with Crippen molar-refractivity contribution < 1.29 is 13.2 Å². The number of anilines is 1. The maximum absolute atomic E-state index is 12.9. The highest BCUT2D eigenvalue weighted by molar-refractivity contribution is 7.89. The van der Waals surface area contributed by atoms with Gasteiger partial charge in [0.15, 0.2) is 5.82 Å². The summed E-state index contributed by atoms with van der Waals surface area (Å²) in [7, 11) is -3.53. The van der Waals surface area contributed by atoms with E-state index >= 15 is 0 Å². The number of ether oxygens (including phenoxy) is 1. The molecule has 2 fully saturated rings. The second kappa shape index (κ2) is 8.24. The van der Waals surface area contributed by atoms with Gasteiger partial charge in [0, 0.05) is 38.8 Å². The third-order valence-electron chi connectivity index (χ3n) is 6.31. The van der Waals surface area contributed by atoms with Crippen molar-refractivity contribution in [3.8, 4) is 0 Å². The summed E-state index contributed by atoms with van der Waals surface area (Å²) >= 11 is 0. The van der Waals surface area contributed by atoms with Crippen LogP contribution in [-0.2, 0) is 27.7 Å². The van der Waals surface area contributed by atoms with Gasteiger partial charge in [-0.1, -0.05) is 6.42 Å². The molecule has 1 atom stereocenters. The number of nitrogens with zero attached hydrogens (tertiary/aromatic N) is 6. The number of aromatic nitrogens is 4. The lowest BCUT2D eigenvalue weighted by Gasteiger charge is -2.27. The van der Waals surface area contributed by atoms with E-state index in [0.717, 1.165) is 56.2 Å². The van der Waals surface area contributed by atoms with Crippen LogP contribution < -0.4 is 4.90 Å². The first-order chi connectivity index (χ1) is 14.6. The minimum Gasteiger partial charge on any atom is -0.379 e. The van der Waals surface area contributed by atoms with Crippen molar-refractivity contribution in [3.05, 3.63) is 30.0 Å². The van der Waals surface area contributed by atoms with E-state index in [-0.39, 0.29) is 10.9 Å². The number of pyridine rings is 1. The van der Waals surface area contributed by atoms with Gasteiger partial charge in [-0.3, -0.25) is 0 Å². The zero-order valence-corrected chi connectivity index (χ0v) is 17.9. The molecular formula is C20H28N6O3S. The van der Waals surface area contributed by atoms with Gasteiger partial charge in [-0.05, 0) is 37.8 Å².